The van der Waals surface area contributed by atoms with Crippen molar-refractivity contribution >= 4 is 28.1 Å². The summed E-state index contributed by atoms with van der Waals surface area (Å²) in [5.74, 6) is -0.262. The average Bonchev–Trinajstić information content (AvgIpc) is 3.43. The summed E-state index contributed by atoms with van der Waals surface area (Å²) in [5.41, 5.74) is 7.31. The SMILES string of the molecule is Cc1cnc(NC(=O)C2=NNCc3ccc(-c4cnn(C5CCN(C)CC5)c4)cc32)s1. The molecule has 1 aromatic carbocycles. The van der Waals surface area contributed by atoms with Crippen LogP contribution in [0.3, 0.4) is 0 Å². The van der Waals surface area contributed by atoms with Crippen molar-refractivity contribution in [3.8, 4) is 11.1 Å². The van der Waals surface area contributed by atoms with Crippen LogP contribution in [0, 0.1) is 6.92 Å². The lowest BCUT2D eigenvalue weighted by atomic mass is 9.96. The quantitative estimate of drug-likeness (QED) is 0.658. The van der Waals surface area contributed by atoms with Crippen LogP contribution in [-0.2, 0) is 11.3 Å². The zero-order valence-corrected chi connectivity index (χ0v) is 18.4. The smallest absolute Gasteiger partial charge is 0.278 e. The number of carbonyl (C=O) groups is 1. The molecule has 9 heteroatoms. The van der Waals surface area contributed by atoms with E-state index >= 15 is 0 Å². The molecule has 0 spiro atoms. The zero-order chi connectivity index (χ0) is 21.4. The predicted octanol–water partition coefficient (Wildman–Crippen LogP) is 3.03. The lowest BCUT2D eigenvalue weighted by Gasteiger charge is -2.28. The lowest BCUT2D eigenvalue weighted by molar-refractivity contribution is -0.110. The van der Waals surface area contributed by atoms with Gasteiger partial charge in [0.15, 0.2) is 10.8 Å². The normalized spacial score (nSPS) is 17.0. The molecule has 2 aromatic heterocycles. The van der Waals surface area contributed by atoms with E-state index in [0.29, 0.717) is 23.4 Å². The molecule has 1 amide bonds. The minimum atomic E-state index is -0.262. The van der Waals surface area contributed by atoms with E-state index in [1.54, 1.807) is 6.20 Å². The highest BCUT2D eigenvalue weighted by Crippen LogP contribution is 2.28. The Kier molecular flexibility index (Phi) is 5.29. The molecular formula is C22H25N7OS. The van der Waals surface area contributed by atoms with Crippen molar-refractivity contribution in [2.24, 2.45) is 5.10 Å². The molecule has 0 unspecified atom stereocenters. The molecule has 2 N–H and O–H groups in total. The van der Waals surface area contributed by atoms with Crippen LogP contribution in [0.25, 0.3) is 11.1 Å². The Morgan fingerprint density at radius 1 is 1.23 bits per heavy atom. The van der Waals surface area contributed by atoms with E-state index in [1.165, 1.54) is 11.3 Å². The van der Waals surface area contributed by atoms with Gasteiger partial charge in [0.05, 0.1) is 18.8 Å². The van der Waals surface area contributed by atoms with Gasteiger partial charge >= 0.3 is 0 Å². The van der Waals surface area contributed by atoms with Crippen molar-refractivity contribution in [2.45, 2.75) is 32.4 Å². The molecule has 0 atom stereocenters. The summed E-state index contributed by atoms with van der Waals surface area (Å²) in [7, 11) is 2.16. The van der Waals surface area contributed by atoms with E-state index in [0.717, 1.165) is 53.1 Å². The molecule has 3 aromatic rings. The van der Waals surface area contributed by atoms with Gasteiger partial charge in [-0.2, -0.15) is 10.2 Å². The van der Waals surface area contributed by atoms with Crippen LogP contribution < -0.4 is 10.7 Å². The summed E-state index contributed by atoms with van der Waals surface area (Å²) in [4.78, 5) is 20.5. The number of aryl methyl sites for hydroxylation is 1. The predicted molar refractivity (Wildman–Crippen MR) is 122 cm³/mol. The lowest BCUT2D eigenvalue weighted by Crippen LogP contribution is -2.31. The fourth-order valence-electron chi connectivity index (χ4n) is 4.08. The van der Waals surface area contributed by atoms with E-state index in [4.69, 9.17) is 0 Å². The Morgan fingerprint density at radius 3 is 2.84 bits per heavy atom. The van der Waals surface area contributed by atoms with Gasteiger partial charge in [-0.25, -0.2) is 4.98 Å². The summed E-state index contributed by atoms with van der Waals surface area (Å²) >= 11 is 1.45. The first-order chi connectivity index (χ1) is 15.1. The number of aromatic nitrogens is 3. The van der Waals surface area contributed by atoms with Crippen LogP contribution in [0.1, 0.15) is 34.9 Å². The Morgan fingerprint density at radius 2 is 2.06 bits per heavy atom. The Hall–Kier alpha value is -3.04. The summed E-state index contributed by atoms with van der Waals surface area (Å²) in [6.45, 7) is 4.75. The van der Waals surface area contributed by atoms with Crippen LogP contribution in [0.4, 0.5) is 5.13 Å². The van der Waals surface area contributed by atoms with Crippen molar-refractivity contribution in [1.29, 1.82) is 0 Å². The van der Waals surface area contributed by atoms with Crippen LogP contribution in [0.5, 0.6) is 0 Å². The number of carbonyl (C=O) groups excluding carboxylic acids is 1. The van der Waals surface area contributed by atoms with Gasteiger partial charge in [-0.15, -0.1) is 11.3 Å². The van der Waals surface area contributed by atoms with Crippen LogP contribution >= 0.6 is 11.3 Å². The highest BCUT2D eigenvalue weighted by molar-refractivity contribution is 7.15. The highest BCUT2D eigenvalue weighted by atomic mass is 32.1. The van der Waals surface area contributed by atoms with Crippen LogP contribution in [0.2, 0.25) is 0 Å². The maximum atomic E-state index is 12.9. The third-order valence-electron chi connectivity index (χ3n) is 5.88. The van der Waals surface area contributed by atoms with Gasteiger partial charge < -0.3 is 10.3 Å². The maximum Gasteiger partial charge on any atom is 0.278 e. The summed E-state index contributed by atoms with van der Waals surface area (Å²) < 4.78 is 2.09. The van der Waals surface area contributed by atoms with Gasteiger partial charge in [0, 0.05) is 28.4 Å². The number of fused-ring (bicyclic) bond motifs is 1. The average molecular weight is 436 g/mol. The second kappa shape index (κ2) is 8.24. The topological polar surface area (TPSA) is 87.4 Å². The van der Waals surface area contributed by atoms with E-state index in [-0.39, 0.29) is 5.91 Å². The van der Waals surface area contributed by atoms with Gasteiger partial charge in [-0.05, 0) is 57.1 Å². The molecule has 0 saturated carbocycles. The van der Waals surface area contributed by atoms with Crippen molar-refractivity contribution < 1.29 is 4.79 Å². The summed E-state index contributed by atoms with van der Waals surface area (Å²) in [5, 5.41) is 12.4. The first-order valence-electron chi connectivity index (χ1n) is 10.5. The number of hydrazone groups is 1. The van der Waals surface area contributed by atoms with E-state index in [1.807, 2.05) is 19.2 Å². The van der Waals surface area contributed by atoms with Gasteiger partial charge in [-0.3, -0.25) is 14.8 Å². The first kappa shape index (κ1) is 19.9. The molecule has 1 fully saturated rings. The molecule has 8 nitrogen and oxygen atoms in total. The monoisotopic (exact) mass is 435 g/mol. The fraction of sp³-hybridized carbons (Fsp3) is 0.364. The van der Waals surface area contributed by atoms with Crippen LogP contribution in [-0.4, -0.2) is 51.4 Å². The summed E-state index contributed by atoms with van der Waals surface area (Å²) in [6, 6.07) is 6.62. The van der Waals surface area contributed by atoms with Crippen molar-refractivity contribution in [1.82, 2.24) is 25.1 Å². The van der Waals surface area contributed by atoms with Gasteiger partial charge in [0.1, 0.15) is 0 Å². The standard InChI is InChI=1S/C22H25N7OS/c1-14-10-23-22(31-14)26-21(30)20-19-9-15(3-4-16(19)11-24-27-20)17-12-25-29(13-17)18-5-7-28(2)8-6-18/h3-4,9-10,12-13,18,24H,5-8,11H2,1-2H3,(H,23,26,30). The van der Waals surface area contributed by atoms with Crippen molar-refractivity contribution in [2.75, 3.05) is 25.5 Å². The maximum absolute atomic E-state index is 12.9. The van der Waals surface area contributed by atoms with Gasteiger partial charge in [0.25, 0.3) is 5.91 Å². The Bertz CT molecular complexity index is 1140. The molecule has 0 bridgehead atoms. The molecule has 5 rings (SSSR count). The van der Waals surface area contributed by atoms with Crippen molar-refractivity contribution in [3.63, 3.8) is 0 Å². The van der Waals surface area contributed by atoms with E-state index in [2.05, 4.69) is 60.9 Å². The minimum Gasteiger partial charge on any atom is -0.306 e. The second-order valence-corrected chi connectivity index (χ2v) is 9.38. The molecule has 2 aliphatic heterocycles. The number of amides is 1. The molecule has 0 radical (unpaired) electrons. The third kappa shape index (κ3) is 4.11. The molecular weight excluding hydrogens is 410 g/mol. The number of hydrogen-bond donors (Lipinski definition) is 2. The number of thiazole rings is 1. The molecule has 1 saturated heterocycles. The number of benzene rings is 1. The third-order valence-corrected chi connectivity index (χ3v) is 6.71. The number of hydrogen-bond acceptors (Lipinski definition) is 7. The highest BCUT2D eigenvalue weighted by Gasteiger charge is 2.23. The molecule has 4 heterocycles. The molecule has 160 valence electrons. The summed E-state index contributed by atoms with van der Waals surface area (Å²) in [6.07, 6.45) is 8.00. The first-order valence-corrected chi connectivity index (χ1v) is 11.3. The Labute approximate surface area is 185 Å². The number of nitrogens with zero attached hydrogens (tertiary/aromatic N) is 5. The number of nitrogens with one attached hydrogen (secondary N) is 2. The van der Waals surface area contributed by atoms with Gasteiger partial charge in [0.2, 0.25) is 0 Å². The fourth-order valence-corrected chi connectivity index (χ4v) is 4.74. The van der Waals surface area contributed by atoms with Crippen molar-refractivity contribution in [3.05, 3.63) is 52.8 Å². The number of rotatable bonds is 4. The second-order valence-electron chi connectivity index (χ2n) is 8.14. The van der Waals surface area contributed by atoms with Gasteiger partial charge in [-0.1, -0.05) is 12.1 Å². The number of piperidine rings is 1. The van der Waals surface area contributed by atoms with E-state index in [9.17, 15) is 4.79 Å². The van der Waals surface area contributed by atoms with Crippen LogP contribution in [0.15, 0.2) is 41.9 Å². The number of likely N-dealkylation sites (tertiary alicyclic amines) is 1. The zero-order valence-electron chi connectivity index (χ0n) is 17.6. The van der Waals surface area contributed by atoms with E-state index < -0.39 is 0 Å². The molecule has 0 aliphatic carbocycles. The Balaban J connectivity index is 1.39. The molecule has 31 heavy (non-hydrogen) atoms. The molecule has 2 aliphatic rings. The minimum absolute atomic E-state index is 0.262. The largest absolute Gasteiger partial charge is 0.306 e. The number of anilines is 1.